The number of hydrogen-bond acceptors (Lipinski definition) is 5. The smallest absolute Gasteiger partial charge is 0.393 e. The first-order valence-corrected chi connectivity index (χ1v) is 16.2. The van der Waals surface area contributed by atoms with E-state index in [1.165, 1.54) is 110 Å². The summed E-state index contributed by atoms with van der Waals surface area (Å²) in [5.74, 6) is -0.240. The third kappa shape index (κ3) is 11.9. The predicted octanol–water partition coefficient (Wildman–Crippen LogP) is 5.68. The van der Waals surface area contributed by atoms with E-state index in [0.29, 0.717) is 11.2 Å². The van der Waals surface area contributed by atoms with Gasteiger partial charge in [0.25, 0.3) is 0 Å². The minimum atomic E-state index is -0.240. The normalized spacial score (nSPS) is 22.8. The molecular weight excluding hydrogens is 550 g/mol. The van der Waals surface area contributed by atoms with Crippen LogP contribution in [-0.2, 0) is 19.0 Å². The third-order valence-corrected chi connectivity index (χ3v) is 9.17. The van der Waals surface area contributed by atoms with E-state index >= 15 is 0 Å². The fourth-order valence-corrected chi connectivity index (χ4v) is 6.88. The van der Waals surface area contributed by atoms with E-state index in [0.717, 1.165) is 38.2 Å². The molecule has 0 N–H and O–H groups in total. The zero-order valence-electron chi connectivity index (χ0n) is 24.2. The van der Waals surface area contributed by atoms with Crippen molar-refractivity contribution in [2.24, 2.45) is 0 Å². The topological polar surface area (TPSA) is 44.8 Å². The minimum Gasteiger partial charge on any atom is -1.00 e. The molecule has 37 heavy (non-hydrogen) atoms. The molecule has 5 nitrogen and oxygen atoms in total. The van der Waals surface area contributed by atoms with Crippen molar-refractivity contribution in [1.29, 1.82) is 0 Å². The molecule has 0 aromatic carbocycles. The Hall–Kier alpha value is -0.0800. The SMILES string of the molecule is CCCCCCCCCCCCCCCCOC[N+]1(C2CCO2)C(C(=O)OC)=CSC1CCCCC.[Br-]. The van der Waals surface area contributed by atoms with Gasteiger partial charge < -0.3 is 31.2 Å². The van der Waals surface area contributed by atoms with Gasteiger partial charge in [-0.2, -0.15) is 0 Å². The number of hydrogen-bond donors (Lipinski definition) is 0. The molecule has 3 unspecified atom stereocenters. The van der Waals surface area contributed by atoms with Crippen molar-refractivity contribution in [3.8, 4) is 0 Å². The van der Waals surface area contributed by atoms with Crippen LogP contribution in [0.1, 0.15) is 136 Å². The van der Waals surface area contributed by atoms with Gasteiger partial charge in [-0.3, -0.25) is 0 Å². The molecule has 0 saturated carbocycles. The Morgan fingerprint density at radius 1 is 0.892 bits per heavy atom. The standard InChI is InChI=1S/C30H56NO4S.BrH/c1-4-6-8-9-10-11-12-13-14-15-16-17-18-20-23-34-26-31(28-22-24-35-28)27(30(32)33-3)25-36-29(31)21-19-7-5-2;/h25,28-29H,4-24,26H2,1-3H3;1H/q+1;/p-1. The fraction of sp³-hybridized carbons (Fsp3) is 0.900. The number of carbonyl (C=O) groups excluding carboxylic acids is 1. The highest BCUT2D eigenvalue weighted by molar-refractivity contribution is 8.02. The van der Waals surface area contributed by atoms with E-state index in [2.05, 4.69) is 13.8 Å². The van der Waals surface area contributed by atoms with Gasteiger partial charge in [0.2, 0.25) is 11.9 Å². The molecule has 7 heteroatoms. The van der Waals surface area contributed by atoms with E-state index in [9.17, 15) is 4.79 Å². The molecule has 1 fully saturated rings. The number of ether oxygens (including phenoxy) is 3. The second-order valence-corrected chi connectivity index (χ2v) is 11.8. The Bertz CT molecular complexity index is 616. The lowest BCUT2D eigenvalue weighted by Crippen LogP contribution is -3.00. The number of halogens is 1. The van der Waals surface area contributed by atoms with Crippen LogP contribution in [0.2, 0.25) is 0 Å². The van der Waals surface area contributed by atoms with Gasteiger partial charge in [-0.15, -0.1) is 0 Å². The summed E-state index contributed by atoms with van der Waals surface area (Å²) < 4.78 is 17.9. The first-order valence-electron chi connectivity index (χ1n) is 15.2. The fourth-order valence-electron chi connectivity index (χ4n) is 5.47. The highest BCUT2D eigenvalue weighted by Gasteiger charge is 2.57. The molecule has 0 radical (unpaired) electrons. The Labute approximate surface area is 243 Å². The maximum Gasteiger partial charge on any atom is 0.393 e. The van der Waals surface area contributed by atoms with Gasteiger partial charge in [0.1, 0.15) is 5.37 Å². The second kappa shape index (κ2) is 21.7. The molecule has 0 aliphatic carbocycles. The molecule has 2 aliphatic heterocycles. The maximum absolute atomic E-state index is 12.7. The summed E-state index contributed by atoms with van der Waals surface area (Å²) in [5.41, 5.74) is 0.717. The van der Waals surface area contributed by atoms with E-state index in [1.54, 1.807) is 11.8 Å². The number of quaternary nitrogens is 1. The van der Waals surface area contributed by atoms with Crippen LogP contribution in [-0.4, -0.2) is 49.1 Å². The average molecular weight is 607 g/mol. The van der Waals surface area contributed by atoms with Crippen molar-refractivity contribution in [1.82, 2.24) is 0 Å². The van der Waals surface area contributed by atoms with Crippen LogP contribution in [0.5, 0.6) is 0 Å². The number of nitrogens with zero attached hydrogens (tertiary/aromatic N) is 1. The number of methoxy groups -OCH3 is 1. The molecule has 2 rings (SSSR count). The lowest BCUT2D eigenvalue weighted by Gasteiger charge is -2.48. The van der Waals surface area contributed by atoms with Crippen LogP contribution >= 0.6 is 11.8 Å². The van der Waals surface area contributed by atoms with Crippen LogP contribution in [0.15, 0.2) is 11.1 Å². The summed E-state index contributed by atoms with van der Waals surface area (Å²) in [7, 11) is 1.48. The van der Waals surface area contributed by atoms with E-state index in [4.69, 9.17) is 14.2 Å². The zero-order chi connectivity index (χ0) is 25.9. The minimum absolute atomic E-state index is 0. The lowest BCUT2D eigenvalue weighted by molar-refractivity contribution is -0.967. The molecule has 0 aromatic heterocycles. The summed E-state index contributed by atoms with van der Waals surface area (Å²) in [6.45, 7) is 6.55. The van der Waals surface area contributed by atoms with E-state index < -0.39 is 0 Å². The van der Waals surface area contributed by atoms with Crippen molar-refractivity contribution >= 4 is 17.7 Å². The summed E-state index contributed by atoms with van der Waals surface area (Å²) in [5, 5.41) is 2.28. The van der Waals surface area contributed by atoms with E-state index in [-0.39, 0.29) is 34.6 Å². The van der Waals surface area contributed by atoms with Gasteiger partial charge in [0.15, 0.2) is 6.73 Å². The Morgan fingerprint density at radius 3 is 1.89 bits per heavy atom. The molecule has 218 valence electrons. The van der Waals surface area contributed by atoms with Crippen LogP contribution in [0.3, 0.4) is 0 Å². The summed E-state index contributed by atoms with van der Waals surface area (Å²) in [6, 6.07) is 0. The van der Waals surface area contributed by atoms with Crippen molar-refractivity contribution in [3.05, 3.63) is 11.1 Å². The summed E-state index contributed by atoms with van der Waals surface area (Å²) >= 11 is 1.77. The van der Waals surface area contributed by atoms with Crippen molar-refractivity contribution in [3.63, 3.8) is 0 Å². The zero-order valence-corrected chi connectivity index (χ0v) is 26.6. The quantitative estimate of drug-likeness (QED) is 0.0852. The predicted molar refractivity (Wildman–Crippen MR) is 151 cm³/mol. The number of thioether (sulfide) groups is 1. The highest BCUT2D eigenvalue weighted by Crippen LogP contribution is 2.47. The Kier molecular flexibility index (Phi) is 20.5. The van der Waals surface area contributed by atoms with Crippen molar-refractivity contribution < 1.29 is 40.5 Å². The first kappa shape index (κ1) is 34.9. The highest BCUT2D eigenvalue weighted by atomic mass is 79.9. The molecule has 1 saturated heterocycles. The molecule has 0 amide bonds. The van der Waals surface area contributed by atoms with Gasteiger partial charge in [-0.05, 0) is 12.8 Å². The molecule has 2 heterocycles. The summed E-state index contributed by atoms with van der Waals surface area (Å²) in [6.07, 6.45) is 24.7. The molecule has 0 spiro atoms. The molecule has 3 atom stereocenters. The third-order valence-electron chi connectivity index (χ3n) is 7.88. The van der Waals surface area contributed by atoms with Crippen LogP contribution in [0.25, 0.3) is 0 Å². The molecule has 2 aliphatic rings. The molecular formula is C30H56BrNO4S. The van der Waals surface area contributed by atoms with Gasteiger partial charge >= 0.3 is 5.97 Å². The van der Waals surface area contributed by atoms with Crippen molar-refractivity contribution in [2.45, 2.75) is 147 Å². The van der Waals surface area contributed by atoms with Gasteiger partial charge in [0, 0.05) is 11.8 Å². The van der Waals surface area contributed by atoms with Crippen LogP contribution in [0.4, 0.5) is 0 Å². The van der Waals surface area contributed by atoms with E-state index in [1.807, 2.05) is 5.41 Å². The van der Waals surface area contributed by atoms with Gasteiger partial charge in [0.05, 0.1) is 26.7 Å². The number of esters is 1. The Morgan fingerprint density at radius 2 is 1.41 bits per heavy atom. The number of carbonyl (C=O) groups is 1. The summed E-state index contributed by atoms with van der Waals surface area (Å²) in [4.78, 5) is 12.7. The number of rotatable bonds is 23. The van der Waals surface area contributed by atoms with Crippen molar-refractivity contribution in [2.75, 3.05) is 27.1 Å². The average Bonchev–Trinajstić information content (AvgIpc) is 3.20. The van der Waals surface area contributed by atoms with Gasteiger partial charge in [-0.25, -0.2) is 9.28 Å². The largest absolute Gasteiger partial charge is 1.00 e. The molecule has 0 aromatic rings. The Balaban J connectivity index is 0.00000684. The monoisotopic (exact) mass is 605 g/mol. The second-order valence-electron chi connectivity index (χ2n) is 10.8. The van der Waals surface area contributed by atoms with Gasteiger partial charge in [-0.1, -0.05) is 122 Å². The van der Waals surface area contributed by atoms with Crippen LogP contribution in [0, 0.1) is 0 Å². The molecule has 0 bridgehead atoms. The number of unbranched alkanes of at least 4 members (excludes halogenated alkanes) is 15. The van der Waals surface area contributed by atoms with Crippen LogP contribution < -0.4 is 17.0 Å². The first-order chi connectivity index (χ1) is 17.7. The lowest BCUT2D eigenvalue weighted by atomic mass is 10.0. The maximum atomic E-state index is 12.7.